The van der Waals surface area contributed by atoms with Crippen LogP contribution in [0, 0.1) is 13.8 Å². The zero-order valence-corrected chi connectivity index (χ0v) is 17.5. The van der Waals surface area contributed by atoms with Crippen molar-refractivity contribution in [3.05, 3.63) is 77.6 Å². The summed E-state index contributed by atoms with van der Waals surface area (Å²) in [7, 11) is 0. The average Bonchev–Trinajstić information content (AvgIpc) is 3.05. The number of nitrogens with zero attached hydrogens (tertiary/aromatic N) is 3. The van der Waals surface area contributed by atoms with E-state index in [1.165, 1.54) is 0 Å². The molecule has 152 valence electrons. The highest BCUT2D eigenvalue weighted by atomic mass is 16.5. The van der Waals surface area contributed by atoms with Gasteiger partial charge >= 0.3 is 0 Å². The lowest BCUT2D eigenvalue weighted by Gasteiger charge is -2.12. The summed E-state index contributed by atoms with van der Waals surface area (Å²) in [4.78, 5) is 17.7. The molecule has 0 aliphatic carbocycles. The number of benzene rings is 2. The van der Waals surface area contributed by atoms with E-state index in [1.54, 1.807) is 16.8 Å². The highest BCUT2D eigenvalue weighted by Gasteiger charge is 2.12. The molecule has 0 atom stereocenters. The number of fused-ring (bicyclic) bond motifs is 1. The minimum Gasteiger partial charge on any atom is -0.491 e. The van der Waals surface area contributed by atoms with Crippen LogP contribution in [0.5, 0.6) is 5.75 Å². The van der Waals surface area contributed by atoms with Crippen LogP contribution in [0.3, 0.4) is 0 Å². The summed E-state index contributed by atoms with van der Waals surface area (Å²) < 4.78 is 7.51. The fraction of sp³-hybridized carbons (Fsp3) is 0.208. The predicted octanol–water partition coefficient (Wildman–Crippen LogP) is 5.08. The highest BCUT2D eigenvalue weighted by molar-refractivity contribution is 6.08. The van der Waals surface area contributed by atoms with E-state index >= 15 is 0 Å². The number of pyridine rings is 1. The van der Waals surface area contributed by atoms with Gasteiger partial charge in [-0.3, -0.25) is 4.79 Å². The summed E-state index contributed by atoms with van der Waals surface area (Å²) in [6, 6.07) is 18.8. The number of nitrogens with one attached hydrogen (secondary N) is 1. The molecular formula is C24H24N4O2. The third-order valence-corrected chi connectivity index (χ3v) is 4.65. The van der Waals surface area contributed by atoms with Gasteiger partial charge in [0.25, 0.3) is 5.91 Å². The second-order valence-corrected chi connectivity index (χ2v) is 7.53. The first-order valence-corrected chi connectivity index (χ1v) is 9.92. The van der Waals surface area contributed by atoms with Crippen molar-refractivity contribution in [2.75, 3.05) is 5.32 Å². The van der Waals surface area contributed by atoms with Gasteiger partial charge in [-0.2, -0.15) is 5.10 Å². The first-order valence-electron chi connectivity index (χ1n) is 9.92. The predicted molar refractivity (Wildman–Crippen MR) is 118 cm³/mol. The summed E-state index contributed by atoms with van der Waals surface area (Å²) in [6.07, 6.45) is 0.0402. The van der Waals surface area contributed by atoms with Gasteiger partial charge in [0.15, 0.2) is 5.82 Å². The van der Waals surface area contributed by atoms with E-state index in [1.807, 2.05) is 76.2 Å². The van der Waals surface area contributed by atoms with Gasteiger partial charge in [-0.25, -0.2) is 9.67 Å². The van der Waals surface area contributed by atoms with Crippen molar-refractivity contribution in [3.63, 3.8) is 0 Å². The minimum atomic E-state index is -0.213. The molecule has 2 aromatic carbocycles. The number of rotatable bonds is 5. The Morgan fingerprint density at radius 3 is 2.57 bits per heavy atom. The van der Waals surface area contributed by atoms with Crippen molar-refractivity contribution in [1.29, 1.82) is 0 Å². The maximum absolute atomic E-state index is 12.9. The van der Waals surface area contributed by atoms with Crippen LogP contribution < -0.4 is 10.1 Å². The monoisotopic (exact) mass is 400 g/mol. The number of hydrogen-bond acceptors (Lipinski definition) is 4. The molecule has 0 spiro atoms. The quantitative estimate of drug-likeness (QED) is 0.507. The third kappa shape index (κ3) is 4.03. The van der Waals surface area contributed by atoms with Gasteiger partial charge in [0.05, 0.1) is 23.0 Å². The van der Waals surface area contributed by atoms with E-state index < -0.39 is 0 Å². The van der Waals surface area contributed by atoms with E-state index in [2.05, 4.69) is 10.4 Å². The summed E-state index contributed by atoms with van der Waals surface area (Å²) in [5, 5.41) is 8.45. The number of carbonyl (C=O) groups is 1. The molecule has 0 saturated heterocycles. The van der Waals surface area contributed by atoms with Crippen molar-refractivity contribution in [2.45, 2.75) is 33.8 Å². The summed E-state index contributed by atoms with van der Waals surface area (Å²) in [5.41, 5.74) is 3.82. The number of para-hydroxylation sites is 1. The van der Waals surface area contributed by atoms with Crippen LogP contribution in [0.15, 0.2) is 60.7 Å². The number of hydrogen-bond donors (Lipinski definition) is 1. The van der Waals surface area contributed by atoms with Crippen molar-refractivity contribution < 1.29 is 9.53 Å². The van der Waals surface area contributed by atoms with Gasteiger partial charge in [-0.1, -0.05) is 18.2 Å². The number of amides is 1. The number of carbonyl (C=O) groups excluding carboxylic acids is 1. The summed E-state index contributed by atoms with van der Waals surface area (Å²) in [6.45, 7) is 7.85. The van der Waals surface area contributed by atoms with Crippen LogP contribution >= 0.6 is 0 Å². The van der Waals surface area contributed by atoms with Crippen molar-refractivity contribution in [1.82, 2.24) is 14.8 Å². The SMILES string of the molecule is Cc1cc(C)n(-c2ccc3cccc(NC(=O)c4cccc(OC(C)C)c4)c3n2)n1. The molecule has 0 fully saturated rings. The standard InChI is InChI=1S/C24H24N4O2/c1-15(2)30-20-9-5-8-19(14-20)24(29)25-21-10-6-7-18-11-12-22(26-23(18)21)28-17(4)13-16(3)27-28/h5-15H,1-4H3,(H,25,29). The number of ether oxygens (including phenoxy) is 1. The van der Waals surface area contributed by atoms with Crippen molar-refractivity contribution in [3.8, 4) is 11.6 Å². The lowest BCUT2D eigenvalue weighted by atomic mass is 10.1. The highest BCUT2D eigenvalue weighted by Crippen LogP contribution is 2.24. The largest absolute Gasteiger partial charge is 0.491 e. The fourth-order valence-electron chi connectivity index (χ4n) is 3.39. The van der Waals surface area contributed by atoms with Crippen molar-refractivity contribution in [2.24, 2.45) is 0 Å². The van der Waals surface area contributed by atoms with Gasteiger partial charge in [0, 0.05) is 16.6 Å². The van der Waals surface area contributed by atoms with E-state index in [4.69, 9.17) is 9.72 Å². The van der Waals surface area contributed by atoms with Gasteiger partial charge in [0.1, 0.15) is 5.75 Å². The van der Waals surface area contributed by atoms with Gasteiger partial charge in [-0.15, -0.1) is 0 Å². The Morgan fingerprint density at radius 2 is 1.83 bits per heavy atom. The van der Waals surface area contributed by atoms with Crippen LogP contribution in [0.4, 0.5) is 5.69 Å². The lowest BCUT2D eigenvalue weighted by Crippen LogP contribution is -2.13. The molecule has 2 heterocycles. The first-order chi connectivity index (χ1) is 14.4. The van der Waals surface area contributed by atoms with E-state index in [0.717, 1.165) is 16.8 Å². The topological polar surface area (TPSA) is 69.0 Å². The second-order valence-electron chi connectivity index (χ2n) is 7.53. The smallest absolute Gasteiger partial charge is 0.255 e. The zero-order chi connectivity index (χ0) is 21.3. The molecule has 0 bridgehead atoms. The molecule has 2 aromatic heterocycles. The summed E-state index contributed by atoms with van der Waals surface area (Å²) >= 11 is 0. The number of anilines is 1. The molecule has 0 unspecified atom stereocenters. The van der Waals surface area contributed by atoms with Crippen LogP contribution in [0.2, 0.25) is 0 Å². The molecule has 30 heavy (non-hydrogen) atoms. The Hall–Kier alpha value is -3.67. The molecule has 0 aliphatic rings. The van der Waals surface area contributed by atoms with E-state index in [9.17, 15) is 4.79 Å². The molecule has 1 N–H and O–H groups in total. The molecule has 4 rings (SSSR count). The Labute approximate surface area is 175 Å². The summed E-state index contributed by atoms with van der Waals surface area (Å²) in [5.74, 6) is 1.16. The van der Waals surface area contributed by atoms with Gasteiger partial charge < -0.3 is 10.1 Å². The first kappa shape index (κ1) is 19.6. The third-order valence-electron chi connectivity index (χ3n) is 4.65. The lowest BCUT2D eigenvalue weighted by molar-refractivity contribution is 0.102. The van der Waals surface area contributed by atoms with Crippen LogP contribution in [-0.4, -0.2) is 26.8 Å². The van der Waals surface area contributed by atoms with Crippen LogP contribution in [0.1, 0.15) is 35.6 Å². The van der Waals surface area contributed by atoms with Gasteiger partial charge in [-0.05, 0) is 70.2 Å². The minimum absolute atomic E-state index is 0.0402. The molecular weight excluding hydrogens is 376 g/mol. The molecule has 0 aliphatic heterocycles. The fourth-order valence-corrected chi connectivity index (χ4v) is 3.39. The van der Waals surface area contributed by atoms with E-state index in [0.29, 0.717) is 28.3 Å². The molecule has 0 saturated carbocycles. The number of aryl methyl sites for hydroxylation is 2. The van der Waals surface area contributed by atoms with Gasteiger partial charge in [0.2, 0.25) is 0 Å². The Balaban J connectivity index is 1.68. The Bertz CT molecular complexity index is 1230. The van der Waals surface area contributed by atoms with Crippen molar-refractivity contribution >= 4 is 22.5 Å². The van der Waals surface area contributed by atoms with Crippen LogP contribution in [0.25, 0.3) is 16.7 Å². The Morgan fingerprint density at radius 1 is 1.03 bits per heavy atom. The molecule has 4 aromatic rings. The second kappa shape index (κ2) is 7.99. The van der Waals surface area contributed by atoms with E-state index in [-0.39, 0.29) is 12.0 Å². The molecule has 0 radical (unpaired) electrons. The zero-order valence-electron chi connectivity index (χ0n) is 17.5. The number of aromatic nitrogens is 3. The van der Waals surface area contributed by atoms with Crippen LogP contribution in [-0.2, 0) is 0 Å². The maximum Gasteiger partial charge on any atom is 0.255 e. The Kier molecular flexibility index (Phi) is 5.23. The molecule has 6 nitrogen and oxygen atoms in total. The maximum atomic E-state index is 12.9. The average molecular weight is 400 g/mol. The normalized spacial score (nSPS) is 11.1. The molecule has 6 heteroatoms. The molecule has 1 amide bonds.